The third kappa shape index (κ3) is 5.95. The number of halogens is 1. The molecule has 1 amide bonds. The maximum absolute atomic E-state index is 16.2. The number of aromatic hydroxyl groups is 1. The number of hydrogen-bond acceptors (Lipinski definition) is 3. The van der Waals surface area contributed by atoms with Gasteiger partial charge in [0.05, 0.1) is 12.5 Å². The Bertz CT molecular complexity index is 1690. The fourth-order valence-corrected chi connectivity index (χ4v) is 9.47. The van der Waals surface area contributed by atoms with Gasteiger partial charge in [-0.3, -0.25) is 4.79 Å². The number of nitrogens with zero attached hydrogens (tertiary/aromatic N) is 1. The van der Waals surface area contributed by atoms with Gasteiger partial charge in [-0.1, -0.05) is 92.2 Å². The van der Waals surface area contributed by atoms with Crippen molar-refractivity contribution < 1.29 is 19.4 Å². The lowest BCUT2D eigenvalue weighted by Crippen LogP contribution is -2.51. The highest BCUT2D eigenvalue weighted by atomic mass is 19.1. The van der Waals surface area contributed by atoms with Crippen LogP contribution in [0.1, 0.15) is 73.6 Å². The van der Waals surface area contributed by atoms with Gasteiger partial charge < -0.3 is 15.1 Å². The summed E-state index contributed by atoms with van der Waals surface area (Å²) in [7, 11) is 0. The molecule has 7 atom stereocenters. The van der Waals surface area contributed by atoms with Gasteiger partial charge in [0.1, 0.15) is 11.9 Å². The van der Waals surface area contributed by atoms with E-state index < -0.39 is 12.3 Å². The molecule has 0 saturated heterocycles. The van der Waals surface area contributed by atoms with Crippen LogP contribution in [0.15, 0.2) is 91.0 Å². The van der Waals surface area contributed by atoms with Gasteiger partial charge in [-0.2, -0.15) is 0 Å². The summed E-state index contributed by atoms with van der Waals surface area (Å²) in [6.07, 6.45) is 4.62. The molecule has 3 aliphatic rings. The lowest BCUT2D eigenvalue weighted by molar-refractivity contribution is -0.131. The number of alkyl halides is 1. The van der Waals surface area contributed by atoms with E-state index in [9.17, 15) is 15.0 Å². The van der Waals surface area contributed by atoms with Crippen molar-refractivity contribution >= 4 is 16.7 Å². The van der Waals surface area contributed by atoms with E-state index in [1.165, 1.54) is 5.39 Å². The summed E-state index contributed by atoms with van der Waals surface area (Å²) in [5.74, 6) is 0.941. The molecule has 4 nitrogen and oxygen atoms in total. The number of unbranched alkanes of at least 4 members (excludes halogenated alkanes) is 1. The molecule has 4 aromatic carbocycles. The smallest absolute Gasteiger partial charge is 0.227 e. The fraction of sp³-hybridized carbons (Fsp3) is 0.439. The van der Waals surface area contributed by atoms with Gasteiger partial charge in [0.2, 0.25) is 5.91 Å². The largest absolute Gasteiger partial charge is 0.508 e. The number of phenols is 1. The van der Waals surface area contributed by atoms with Crippen LogP contribution in [0.5, 0.6) is 5.75 Å². The Kier molecular flexibility index (Phi) is 8.63. The van der Waals surface area contributed by atoms with Crippen molar-refractivity contribution in [2.45, 2.75) is 83.0 Å². The second kappa shape index (κ2) is 12.8. The van der Waals surface area contributed by atoms with E-state index in [0.717, 1.165) is 66.2 Å². The summed E-state index contributed by atoms with van der Waals surface area (Å²) < 4.78 is 16.2. The van der Waals surface area contributed by atoms with Gasteiger partial charge in [0, 0.05) is 19.0 Å². The Morgan fingerprint density at radius 2 is 1.70 bits per heavy atom. The summed E-state index contributed by atoms with van der Waals surface area (Å²) in [6.45, 7) is 3.37. The topological polar surface area (TPSA) is 60.8 Å². The quantitative estimate of drug-likeness (QED) is 0.185. The first-order chi connectivity index (χ1) is 22.3. The maximum atomic E-state index is 16.2. The summed E-state index contributed by atoms with van der Waals surface area (Å²) >= 11 is 0. The number of carbonyl (C=O) groups is 1. The zero-order chi connectivity index (χ0) is 31.8. The fourth-order valence-electron chi connectivity index (χ4n) is 9.47. The van der Waals surface area contributed by atoms with E-state index >= 15 is 4.39 Å². The number of aliphatic hydroxyl groups excluding tert-OH is 1. The van der Waals surface area contributed by atoms with Crippen LogP contribution >= 0.6 is 0 Å². The third-order valence-electron chi connectivity index (χ3n) is 11.8. The standard InChI is InChI=1S/C41H46FNO3/c1-41-25-36(42)40-34-17-16-33(44)24-32(34)23-31(39(40)35(41)18-19-37(41)45)13-7-8-20-43(26-27-9-3-2-4-10-27)38(46)22-28-14-15-29-11-5-6-12-30(29)21-28/h2-6,9-12,14-17,21,24,31,35-37,39-40,44-45H,7-8,13,18-20,22-23,25-26H2,1H3/t31-,35?,36+,37+,39?,40?,41+/m1/s1. The van der Waals surface area contributed by atoms with Crippen molar-refractivity contribution in [2.24, 2.45) is 23.2 Å². The van der Waals surface area contributed by atoms with Crippen molar-refractivity contribution in [1.29, 1.82) is 0 Å². The molecule has 3 aliphatic carbocycles. The molecule has 0 spiro atoms. The van der Waals surface area contributed by atoms with Crippen LogP contribution in [0.2, 0.25) is 0 Å². The Morgan fingerprint density at radius 1 is 0.913 bits per heavy atom. The van der Waals surface area contributed by atoms with Gasteiger partial charge >= 0.3 is 0 Å². The summed E-state index contributed by atoms with van der Waals surface area (Å²) in [5.41, 5.74) is 3.90. The summed E-state index contributed by atoms with van der Waals surface area (Å²) in [6, 6.07) is 30.2. The molecule has 3 unspecified atom stereocenters. The minimum absolute atomic E-state index is 0.129. The molecule has 2 saturated carbocycles. The highest BCUT2D eigenvalue weighted by molar-refractivity contribution is 5.85. The normalized spacial score (nSPS) is 28.3. The second-order valence-corrected chi connectivity index (χ2v) is 14.5. The van der Waals surface area contributed by atoms with Crippen molar-refractivity contribution in [2.75, 3.05) is 6.54 Å². The second-order valence-electron chi connectivity index (χ2n) is 14.5. The van der Waals surface area contributed by atoms with Crippen molar-refractivity contribution in [3.8, 4) is 5.75 Å². The number of carbonyl (C=O) groups excluding carboxylic acids is 1. The van der Waals surface area contributed by atoms with Crippen molar-refractivity contribution in [3.63, 3.8) is 0 Å². The van der Waals surface area contributed by atoms with E-state index in [4.69, 9.17) is 0 Å². The Morgan fingerprint density at radius 3 is 2.52 bits per heavy atom. The zero-order valence-electron chi connectivity index (χ0n) is 26.8. The van der Waals surface area contributed by atoms with Crippen molar-refractivity contribution in [1.82, 2.24) is 4.90 Å². The van der Waals surface area contributed by atoms with Gasteiger partial charge in [0.25, 0.3) is 0 Å². The maximum Gasteiger partial charge on any atom is 0.227 e. The minimum atomic E-state index is -1.00. The molecule has 7 rings (SSSR count). The lowest BCUT2D eigenvalue weighted by atomic mass is 9.51. The predicted molar refractivity (Wildman–Crippen MR) is 181 cm³/mol. The van der Waals surface area contributed by atoms with Crippen molar-refractivity contribution in [3.05, 3.63) is 113 Å². The molecule has 0 aromatic heterocycles. The molecule has 0 aliphatic heterocycles. The first kappa shape index (κ1) is 30.9. The molecule has 2 fully saturated rings. The van der Waals surface area contributed by atoms with Gasteiger partial charge in [-0.05, 0) is 107 Å². The van der Waals surface area contributed by atoms with Gasteiger partial charge in [0.15, 0.2) is 0 Å². The van der Waals surface area contributed by atoms with E-state index in [-0.39, 0.29) is 34.8 Å². The number of rotatable bonds is 9. The van der Waals surface area contributed by atoms with E-state index in [1.54, 1.807) is 6.07 Å². The lowest BCUT2D eigenvalue weighted by Gasteiger charge is -2.54. The monoisotopic (exact) mass is 619 g/mol. The summed E-state index contributed by atoms with van der Waals surface area (Å²) in [4.78, 5) is 15.8. The highest BCUT2D eigenvalue weighted by Gasteiger charge is 2.59. The van der Waals surface area contributed by atoms with E-state index in [2.05, 4.69) is 49.4 Å². The van der Waals surface area contributed by atoms with Crippen LogP contribution in [0.25, 0.3) is 10.8 Å². The number of benzene rings is 4. The summed E-state index contributed by atoms with van der Waals surface area (Å²) in [5, 5.41) is 23.6. The van der Waals surface area contributed by atoms with Crippen LogP contribution in [0.3, 0.4) is 0 Å². The molecule has 46 heavy (non-hydrogen) atoms. The number of phenolic OH excluding ortho intramolecular Hbond substituents is 1. The SMILES string of the molecule is C[C@]12C[C@H](F)C3c4ccc(O)cc4C[C@@H](CCCCN(Cc4ccccc4)C(=O)Cc4ccc5ccccc5c4)C3C1CC[C@@H]2O. The third-order valence-corrected chi connectivity index (χ3v) is 11.8. The van der Waals surface area contributed by atoms with Crippen LogP contribution in [-0.4, -0.2) is 39.8 Å². The van der Waals surface area contributed by atoms with Gasteiger partial charge in [-0.15, -0.1) is 0 Å². The molecule has 0 bridgehead atoms. The molecular weight excluding hydrogens is 573 g/mol. The molecular formula is C41H46FNO3. The molecule has 0 heterocycles. The highest BCUT2D eigenvalue weighted by Crippen LogP contribution is 2.63. The van der Waals surface area contributed by atoms with E-state index in [1.807, 2.05) is 47.4 Å². The first-order valence-electron chi connectivity index (χ1n) is 17.2. The predicted octanol–water partition coefficient (Wildman–Crippen LogP) is 8.38. The molecule has 240 valence electrons. The Balaban J connectivity index is 1.07. The van der Waals surface area contributed by atoms with Crippen LogP contribution < -0.4 is 0 Å². The number of hydrogen-bond donors (Lipinski definition) is 2. The molecule has 5 heteroatoms. The number of fused-ring (bicyclic) bond motifs is 6. The number of aliphatic hydroxyl groups is 1. The Labute approximate surface area is 272 Å². The molecule has 2 N–H and O–H groups in total. The Hall–Kier alpha value is -3.70. The minimum Gasteiger partial charge on any atom is -0.508 e. The average Bonchev–Trinajstić information content (AvgIpc) is 3.35. The molecule has 4 aromatic rings. The average molecular weight is 620 g/mol. The first-order valence-corrected chi connectivity index (χ1v) is 17.2. The van der Waals surface area contributed by atoms with Gasteiger partial charge in [-0.25, -0.2) is 4.39 Å². The van der Waals surface area contributed by atoms with Crippen LogP contribution in [0, 0.1) is 23.2 Å². The number of amides is 1. The van der Waals surface area contributed by atoms with E-state index in [0.29, 0.717) is 31.8 Å². The molecule has 0 radical (unpaired) electrons. The van der Waals surface area contributed by atoms with Crippen LogP contribution in [-0.2, 0) is 24.2 Å². The van der Waals surface area contributed by atoms with Crippen LogP contribution in [0.4, 0.5) is 4.39 Å². The zero-order valence-corrected chi connectivity index (χ0v) is 26.8.